The molecule has 172 valence electrons. The number of carbonyl (C=O) groups is 1. The van der Waals surface area contributed by atoms with Gasteiger partial charge in [-0.1, -0.05) is 28.1 Å². The molecule has 0 aliphatic carbocycles. The van der Waals surface area contributed by atoms with Crippen molar-refractivity contribution >= 4 is 44.0 Å². The van der Waals surface area contributed by atoms with E-state index in [0.717, 1.165) is 10.0 Å². The summed E-state index contributed by atoms with van der Waals surface area (Å²) in [6.45, 7) is 2.59. The second kappa shape index (κ2) is 11.8. The molecule has 0 heterocycles. The third-order valence-electron chi connectivity index (χ3n) is 4.43. The molecule has 0 bridgehead atoms. The van der Waals surface area contributed by atoms with Crippen molar-refractivity contribution in [3.05, 3.63) is 86.1 Å². The topological polar surface area (TPSA) is 69.2 Å². The van der Waals surface area contributed by atoms with E-state index in [1.807, 2.05) is 13.0 Å². The number of ether oxygens (including phenoxy) is 3. The Balaban J connectivity index is 1.73. The van der Waals surface area contributed by atoms with Gasteiger partial charge in [0.2, 0.25) is 0 Å². The second-order valence-corrected chi connectivity index (χ2v) is 8.49. The van der Waals surface area contributed by atoms with Crippen LogP contribution < -0.4 is 19.6 Å². The van der Waals surface area contributed by atoms with Crippen molar-refractivity contribution in [2.24, 2.45) is 5.10 Å². The SMILES string of the molecule is CCOc1ccc(C(=O)N/N=C/c2cc(Br)cc(Br)c2OCc2ccc(F)cc2)cc1OC. The van der Waals surface area contributed by atoms with E-state index in [2.05, 4.69) is 42.4 Å². The largest absolute Gasteiger partial charge is 0.493 e. The molecule has 0 spiro atoms. The van der Waals surface area contributed by atoms with E-state index in [4.69, 9.17) is 14.2 Å². The number of benzene rings is 3. The first-order chi connectivity index (χ1) is 15.9. The van der Waals surface area contributed by atoms with Gasteiger partial charge in [-0.15, -0.1) is 0 Å². The van der Waals surface area contributed by atoms with Gasteiger partial charge in [-0.2, -0.15) is 5.10 Å². The molecule has 0 saturated carbocycles. The van der Waals surface area contributed by atoms with Crippen molar-refractivity contribution in [1.29, 1.82) is 0 Å². The molecule has 0 atom stereocenters. The van der Waals surface area contributed by atoms with Crippen LogP contribution in [0.4, 0.5) is 4.39 Å². The third kappa shape index (κ3) is 6.79. The fourth-order valence-electron chi connectivity index (χ4n) is 2.87. The minimum absolute atomic E-state index is 0.236. The average molecular weight is 580 g/mol. The Morgan fingerprint density at radius 1 is 1.06 bits per heavy atom. The van der Waals surface area contributed by atoms with Crippen LogP contribution in [0.1, 0.15) is 28.4 Å². The number of hydrogen-bond donors (Lipinski definition) is 1. The van der Waals surface area contributed by atoms with Gasteiger partial charge in [0.05, 0.1) is 24.4 Å². The zero-order chi connectivity index (χ0) is 23.8. The lowest BCUT2D eigenvalue weighted by atomic mass is 10.2. The van der Waals surface area contributed by atoms with E-state index < -0.39 is 5.91 Å². The van der Waals surface area contributed by atoms with E-state index in [1.54, 1.807) is 36.4 Å². The van der Waals surface area contributed by atoms with Crippen molar-refractivity contribution in [1.82, 2.24) is 5.43 Å². The highest BCUT2D eigenvalue weighted by atomic mass is 79.9. The number of rotatable bonds is 9. The summed E-state index contributed by atoms with van der Waals surface area (Å²) >= 11 is 6.93. The predicted octanol–water partition coefficient (Wildman–Crippen LogP) is 6.10. The van der Waals surface area contributed by atoms with Crippen LogP contribution in [0.5, 0.6) is 17.2 Å². The van der Waals surface area contributed by atoms with Crippen molar-refractivity contribution < 1.29 is 23.4 Å². The highest BCUT2D eigenvalue weighted by Crippen LogP contribution is 2.33. The van der Waals surface area contributed by atoms with E-state index in [-0.39, 0.29) is 12.4 Å². The predicted molar refractivity (Wildman–Crippen MR) is 132 cm³/mol. The summed E-state index contributed by atoms with van der Waals surface area (Å²) in [5.74, 6) is 0.832. The molecule has 3 rings (SSSR count). The minimum Gasteiger partial charge on any atom is -0.493 e. The van der Waals surface area contributed by atoms with Gasteiger partial charge in [0.15, 0.2) is 11.5 Å². The summed E-state index contributed by atoms with van der Waals surface area (Å²) in [7, 11) is 1.51. The maximum atomic E-state index is 13.1. The van der Waals surface area contributed by atoms with Crippen molar-refractivity contribution in [2.75, 3.05) is 13.7 Å². The molecular formula is C24H21Br2FN2O4. The van der Waals surface area contributed by atoms with Gasteiger partial charge < -0.3 is 14.2 Å². The van der Waals surface area contributed by atoms with Crippen LogP contribution >= 0.6 is 31.9 Å². The van der Waals surface area contributed by atoms with E-state index in [0.29, 0.717) is 39.5 Å². The van der Waals surface area contributed by atoms with Crippen LogP contribution in [-0.4, -0.2) is 25.8 Å². The number of nitrogens with zero attached hydrogens (tertiary/aromatic N) is 1. The quantitative estimate of drug-likeness (QED) is 0.246. The van der Waals surface area contributed by atoms with Gasteiger partial charge in [-0.05, 0) is 70.9 Å². The van der Waals surface area contributed by atoms with Crippen LogP contribution in [-0.2, 0) is 6.61 Å². The van der Waals surface area contributed by atoms with Gasteiger partial charge in [-0.3, -0.25) is 4.79 Å². The molecule has 0 aromatic heterocycles. The van der Waals surface area contributed by atoms with Crippen molar-refractivity contribution in [2.45, 2.75) is 13.5 Å². The van der Waals surface area contributed by atoms with E-state index in [9.17, 15) is 9.18 Å². The molecule has 3 aromatic carbocycles. The van der Waals surface area contributed by atoms with E-state index in [1.165, 1.54) is 25.5 Å². The zero-order valence-electron chi connectivity index (χ0n) is 17.9. The molecular weight excluding hydrogens is 559 g/mol. The van der Waals surface area contributed by atoms with Gasteiger partial charge in [-0.25, -0.2) is 9.82 Å². The van der Waals surface area contributed by atoms with Crippen LogP contribution in [0, 0.1) is 5.82 Å². The Hall–Kier alpha value is -2.91. The molecule has 6 nitrogen and oxygen atoms in total. The third-order valence-corrected chi connectivity index (χ3v) is 5.48. The lowest BCUT2D eigenvalue weighted by molar-refractivity contribution is 0.0954. The summed E-state index contributed by atoms with van der Waals surface area (Å²) in [6, 6.07) is 14.6. The first-order valence-electron chi connectivity index (χ1n) is 9.91. The summed E-state index contributed by atoms with van der Waals surface area (Å²) in [5, 5.41) is 4.07. The lowest BCUT2D eigenvalue weighted by Crippen LogP contribution is -2.17. The van der Waals surface area contributed by atoms with Crippen molar-refractivity contribution in [3.63, 3.8) is 0 Å². The molecule has 0 saturated heterocycles. The standard InChI is InChI=1S/C24H21Br2FN2O4/c1-3-32-21-9-6-16(11-22(21)31-2)24(30)29-28-13-17-10-18(25)12-20(26)23(17)33-14-15-4-7-19(27)8-5-15/h4-13H,3,14H2,1-2H3,(H,29,30)/b28-13+. The summed E-state index contributed by atoms with van der Waals surface area (Å²) < 4.78 is 31.3. The number of carbonyl (C=O) groups excluding carboxylic acids is 1. The van der Waals surface area contributed by atoms with Gasteiger partial charge in [0.1, 0.15) is 18.2 Å². The summed E-state index contributed by atoms with van der Waals surface area (Å²) in [6.07, 6.45) is 1.49. The molecule has 33 heavy (non-hydrogen) atoms. The van der Waals surface area contributed by atoms with Crippen LogP contribution in [0.2, 0.25) is 0 Å². The first-order valence-corrected chi connectivity index (χ1v) is 11.5. The highest BCUT2D eigenvalue weighted by molar-refractivity contribution is 9.11. The lowest BCUT2D eigenvalue weighted by Gasteiger charge is -2.12. The fourth-order valence-corrected chi connectivity index (χ4v) is 4.25. The maximum Gasteiger partial charge on any atom is 0.271 e. The Kier molecular flexibility index (Phi) is 8.85. The molecule has 0 aliphatic rings. The zero-order valence-corrected chi connectivity index (χ0v) is 21.1. The Morgan fingerprint density at radius 3 is 2.52 bits per heavy atom. The van der Waals surface area contributed by atoms with Crippen LogP contribution in [0.25, 0.3) is 0 Å². The molecule has 0 fully saturated rings. The molecule has 0 unspecified atom stereocenters. The smallest absolute Gasteiger partial charge is 0.271 e. The molecule has 3 aromatic rings. The molecule has 1 N–H and O–H groups in total. The number of methoxy groups -OCH3 is 1. The second-order valence-electron chi connectivity index (χ2n) is 6.72. The van der Waals surface area contributed by atoms with Gasteiger partial charge in [0, 0.05) is 15.6 Å². The summed E-state index contributed by atoms with van der Waals surface area (Å²) in [5.41, 5.74) is 4.31. The number of amides is 1. The molecule has 1 amide bonds. The van der Waals surface area contributed by atoms with Crippen LogP contribution in [0.3, 0.4) is 0 Å². The Labute approximate surface area is 208 Å². The summed E-state index contributed by atoms with van der Waals surface area (Å²) in [4.78, 5) is 12.5. The van der Waals surface area contributed by atoms with Gasteiger partial charge >= 0.3 is 0 Å². The first kappa shape index (κ1) is 24.7. The van der Waals surface area contributed by atoms with Crippen molar-refractivity contribution in [3.8, 4) is 17.2 Å². The number of nitrogens with one attached hydrogen (secondary N) is 1. The Bertz CT molecular complexity index is 1150. The average Bonchev–Trinajstić information content (AvgIpc) is 2.80. The fraction of sp³-hybridized carbons (Fsp3) is 0.167. The van der Waals surface area contributed by atoms with Crippen LogP contribution in [0.15, 0.2) is 68.6 Å². The monoisotopic (exact) mass is 578 g/mol. The molecule has 0 radical (unpaired) electrons. The number of hydrogen-bond acceptors (Lipinski definition) is 5. The minimum atomic E-state index is -0.407. The molecule has 9 heteroatoms. The Morgan fingerprint density at radius 2 is 1.82 bits per heavy atom. The highest BCUT2D eigenvalue weighted by Gasteiger charge is 2.12. The van der Waals surface area contributed by atoms with Gasteiger partial charge in [0.25, 0.3) is 5.91 Å². The maximum absolute atomic E-state index is 13.1. The van der Waals surface area contributed by atoms with E-state index >= 15 is 0 Å². The molecule has 0 aliphatic heterocycles. The normalized spacial score (nSPS) is 10.8. The number of hydrazone groups is 1. The number of halogens is 3.